The lowest BCUT2D eigenvalue weighted by Crippen LogP contribution is -2.09. The second-order valence-electron chi connectivity index (χ2n) is 9.31. The van der Waals surface area contributed by atoms with Gasteiger partial charge in [-0.15, -0.1) is 0 Å². The molecule has 6 rings (SSSR count). The van der Waals surface area contributed by atoms with Crippen molar-refractivity contribution in [3.8, 4) is 17.2 Å². The van der Waals surface area contributed by atoms with Crippen LogP contribution in [0.3, 0.4) is 0 Å². The molecule has 0 saturated heterocycles. The molecule has 5 aromatic rings. The van der Waals surface area contributed by atoms with Gasteiger partial charge in [-0.3, -0.25) is 4.79 Å². The van der Waals surface area contributed by atoms with Gasteiger partial charge in [-0.1, -0.05) is 54.6 Å². The first-order valence-electron chi connectivity index (χ1n) is 12.5. The van der Waals surface area contributed by atoms with E-state index in [-0.39, 0.29) is 17.3 Å². The van der Waals surface area contributed by atoms with Crippen LogP contribution >= 0.6 is 0 Å². The minimum Gasteiger partial charge on any atom is -0.489 e. The van der Waals surface area contributed by atoms with Gasteiger partial charge in [0.2, 0.25) is 5.78 Å². The number of carbonyl (C=O) groups excluding carboxylic acids is 2. The van der Waals surface area contributed by atoms with Crippen LogP contribution in [0.15, 0.2) is 101 Å². The second-order valence-corrected chi connectivity index (χ2v) is 9.31. The van der Waals surface area contributed by atoms with E-state index in [0.29, 0.717) is 46.0 Å². The summed E-state index contributed by atoms with van der Waals surface area (Å²) in [6.45, 7) is 4.09. The summed E-state index contributed by atoms with van der Waals surface area (Å²) in [7, 11) is 0. The maximum Gasteiger partial charge on any atom is 0.347 e. The number of fused-ring (bicyclic) bond motifs is 2. The van der Waals surface area contributed by atoms with Crippen molar-refractivity contribution in [3.05, 3.63) is 130 Å². The van der Waals surface area contributed by atoms with E-state index in [1.807, 2.05) is 61.5 Å². The molecule has 1 aliphatic rings. The average Bonchev–Trinajstić information content (AvgIpc) is 3.43. The Bertz CT molecular complexity index is 1760. The lowest BCUT2D eigenvalue weighted by molar-refractivity contribution is 0.0734. The van der Waals surface area contributed by atoms with Crippen LogP contribution in [0.5, 0.6) is 17.2 Å². The minimum atomic E-state index is -0.577. The molecule has 0 N–H and O–H groups in total. The highest BCUT2D eigenvalue weighted by atomic mass is 16.5. The highest BCUT2D eigenvalue weighted by molar-refractivity contribution is 6.14. The van der Waals surface area contributed by atoms with Gasteiger partial charge in [-0.05, 0) is 66.9 Å². The largest absolute Gasteiger partial charge is 0.489 e. The summed E-state index contributed by atoms with van der Waals surface area (Å²) in [5, 5.41) is 0.596. The Kier molecular flexibility index (Phi) is 6.21. The van der Waals surface area contributed by atoms with Crippen LogP contribution in [0.2, 0.25) is 0 Å². The van der Waals surface area contributed by atoms with Crippen molar-refractivity contribution in [2.75, 3.05) is 0 Å². The lowest BCUT2D eigenvalue weighted by atomic mass is 10.1. The Hall–Kier alpha value is -5.10. The Balaban J connectivity index is 1.22. The van der Waals surface area contributed by atoms with Gasteiger partial charge in [-0.25, -0.2) is 4.79 Å². The molecule has 1 aromatic heterocycles. The van der Waals surface area contributed by atoms with E-state index < -0.39 is 5.97 Å². The number of benzene rings is 4. The first kappa shape index (κ1) is 24.2. The van der Waals surface area contributed by atoms with Crippen LogP contribution in [0, 0.1) is 13.8 Å². The van der Waals surface area contributed by atoms with E-state index in [1.165, 1.54) is 0 Å². The summed E-state index contributed by atoms with van der Waals surface area (Å²) in [4.78, 5) is 26.1. The van der Waals surface area contributed by atoms with E-state index >= 15 is 0 Å². The summed E-state index contributed by atoms with van der Waals surface area (Å²) in [6, 6.07) is 27.7. The molecule has 4 aromatic carbocycles. The molecule has 0 fully saturated rings. The van der Waals surface area contributed by atoms with Crippen molar-refractivity contribution < 1.29 is 28.2 Å². The van der Waals surface area contributed by atoms with Crippen molar-refractivity contribution in [2.24, 2.45) is 0 Å². The molecule has 0 saturated carbocycles. The third-order valence-corrected chi connectivity index (χ3v) is 6.61. The number of rotatable bonds is 6. The van der Waals surface area contributed by atoms with E-state index in [4.69, 9.17) is 18.6 Å². The van der Waals surface area contributed by atoms with Crippen molar-refractivity contribution in [1.82, 2.24) is 0 Å². The maximum absolute atomic E-state index is 13.3. The molecule has 0 unspecified atom stereocenters. The number of ether oxygens (including phenoxy) is 3. The zero-order chi connectivity index (χ0) is 26.9. The number of ketones is 1. The fourth-order valence-electron chi connectivity index (χ4n) is 4.56. The molecule has 0 amide bonds. The van der Waals surface area contributed by atoms with Gasteiger partial charge in [0.15, 0.2) is 5.76 Å². The highest BCUT2D eigenvalue weighted by Gasteiger charge is 2.29. The van der Waals surface area contributed by atoms with Gasteiger partial charge in [0.05, 0.1) is 5.56 Å². The topological polar surface area (TPSA) is 75.0 Å². The van der Waals surface area contributed by atoms with E-state index in [1.54, 1.807) is 49.4 Å². The summed E-state index contributed by atoms with van der Waals surface area (Å²) < 4.78 is 23.3. The smallest absolute Gasteiger partial charge is 0.347 e. The van der Waals surface area contributed by atoms with Crippen molar-refractivity contribution in [1.29, 1.82) is 0 Å². The van der Waals surface area contributed by atoms with E-state index in [9.17, 15) is 9.59 Å². The predicted molar refractivity (Wildman–Crippen MR) is 147 cm³/mol. The van der Waals surface area contributed by atoms with Gasteiger partial charge >= 0.3 is 5.97 Å². The number of carbonyl (C=O) groups is 2. The molecule has 0 bridgehead atoms. The predicted octanol–water partition coefficient (Wildman–Crippen LogP) is 7.46. The molecule has 0 spiro atoms. The zero-order valence-electron chi connectivity index (χ0n) is 21.4. The highest BCUT2D eigenvalue weighted by Crippen LogP contribution is 2.36. The number of aryl methyl sites for hydroxylation is 2. The van der Waals surface area contributed by atoms with Crippen molar-refractivity contribution in [3.63, 3.8) is 0 Å². The van der Waals surface area contributed by atoms with Crippen LogP contribution in [-0.4, -0.2) is 11.8 Å². The van der Waals surface area contributed by atoms with Gasteiger partial charge in [0.25, 0.3) is 0 Å². The van der Waals surface area contributed by atoms with Crippen LogP contribution in [-0.2, 0) is 6.61 Å². The fraction of sp³-hybridized carbons (Fsp3) is 0.0909. The summed E-state index contributed by atoms with van der Waals surface area (Å²) in [5.41, 5.74) is 4.25. The monoisotopic (exact) mass is 516 g/mol. The summed E-state index contributed by atoms with van der Waals surface area (Å²) in [5.74, 6) is 1.08. The zero-order valence-corrected chi connectivity index (χ0v) is 21.4. The van der Waals surface area contributed by atoms with Crippen LogP contribution < -0.4 is 14.2 Å². The molecule has 6 heteroatoms. The Morgan fingerprint density at radius 1 is 0.872 bits per heavy atom. The summed E-state index contributed by atoms with van der Waals surface area (Å²) >= 11 is 0. The molecular formula is C33H24O6. The number of allylic oxidation sites excluding steroid dienone is 1. The molecule has 192 valence electrons. The standard InChI is InChI=1S/C33H24O6/c1-20-8-6-7-11-23(20)16-30-32(34)26-14-12-25(18-29(26)39-30)38-33(35)31-21(2)37-28-15-13-24(17-27(28)31)36-19-22-9-4-3-5-10-22/h3-18H,19H2,1-2H3/b30-16-. The Labute approximate surface area is 225 Å². The molecule has 0 atom stereocenters. The molecule has 6 nitrogen and oxygen atoms in total. The Morgan fingerprint density at radius 3 is 2.46 bits per heavy atom. The van der Waals surface area contributed by atoms with Crippen molar-refractivity contribution >= 4 is 28.8 Å². The maximum atomic E-state index is 13.3. The summed E-state index contributed by atoms with van der Waals surface area (Å²) in [6.07, 6.45) is 1.72. The second kappa shape index (κ2) is 9.99. The number of Topliss-reactive ketones (excluding diaryl/α,β-unsaturated/α-hetero) is 1. The molecule has 0 radical (unpaired) electrons. The number of hydrogen-bond acceptors (Lipinski definition) is 6. The molecule has 1 aliphatic heterocycles. The van der Waals surface area contributed by atoms with Gasteiger partial charge < -0.3 is 18.6 Å². The van der Waals surface area contributed by atoms with E-state index in [0.717, 1.165) is 16.7 Å². The van der Waals surface area contributed by atoms with Gasteiger partial charge in [-0.2, -0.15) is 0 Å². The average molecular weight is 517 g/mol. The first-order chi connectivity index (χ1) is 19.0. The number of furan rings is 1. The molecular weight excluding hydrogens is 492 g/mol. The number of hydrogen-bond donors (Lipinski definition) is 0. The third kappa shape index (κ3) is 4.80. The van der Waals surface area contributed by atoms with Gasteiger partial charge in [0.1, 0.15) is 40.8 Å². The fourth-order valence-corrected chi connectivity index (χ4v) is 4.56. The molecule has 2 heterocycles. The molecule has 0 aliphatic carbocycles. The lowest BCUT2D eigenvalue weighted by Gasteiger charge is -2.07. The number of esters is 1. The third-order valence-electron chi connectivity index (χ3n) is 6.61. The van der Waals surface area contributed by atoms with Crippen LogP contribution in [0.25, 0.3) is 17.0 Å². The SMILES string of the molecule is Cc1ccccc1/C=C1\Oc2cc(OC(=O)c3c(C)oc4ccc(OCc5ccccc5)cc34)ccc2C1=O. The Morgan fingerprint density at radius 2 is 1.64 bits per heavy atom. The normalized spacial score (nSPS) is 13.4. The van der Waals surface area contributed by atoms with E-state index in [2.05, 4.69) is 0 Å². The minimum absolute atomic E-state index is 0.217. The van der Waals surface area contributed by atoms with Crippen LogP contribution in [0.1, 0.15) is 43.2 Å². The van der Waals surface area contributed by atoms with Crippen LogP contribution in [0.4, 0.5) is 0 Å². The quantitative estimate of drug-likeness (QED) is 0.132. The first-order valence-corrected chi connectivity index (χ1v) is 12.5. The van der Waals surface area contributed by atoms with Gasteiger partial charge in [0, 0.05) is 11.5 Å². The van der Waals surface area contributed by atoms with Crippen molar-refractivity contribution in [2.45, 2.75) is 20.5 Å². The molecule has 39 heavy (non-hydrogen) atoms.